The molecule has 0 aliphatic carbocycles. The van der Waals surface area contributed by atoms with Gasteiger partial charge in [-0.3, -0.25) is 9.69 Å². The lowest BCUT2D eigenvalue weighted by Crippen LogP contribution is -2.31. The molecule has 18 heavy (non-hydrogen) atoms. The molecule has 0 aliphatic rings. The first-order chi connectivity index (χ1) is 8.47. The maximum absolute atomic E-state index is 11.7. The second-order valence-electron chi connectivity index (χ2n) is 4.43. The highest BCUT2D eigenvalue weighted by atomic mass is 79.9. The lowest BCUT2D eigenvalue weighted by atomic mass is 10.3. The third kappa shape index (κ3) is 6.14. The van der Waals surface area contributed by atoms with Crippen LogP contribution in [-0.4, -0.2) is 42.2 Å². The Labute approximate surface area is 116 Å². The van der Waals surface area contributed by atoms with Gasteiger partial charge in [0, 0.05) is 16.7 Å². The van der Waals surface area contributed by atoms with Gasteiger partial charge in [0.05, 0.1) is 12.6 Å². The number of hydrogen-bond acceptors (Lipinski definition) is 3. The fourth-order valence-electron chi connectivity index (χ4n) is 1.47. The molecule has 4 nitrogen and oxygen atoms in total. The number of nitrogens with one attached hydrogen (secondary N) is 1. The van der Waals surface area contributed by atoms with E-state index in [2.05, 4.69) is 21.2 Å². The van der Waals surface area contributed by atoms with Gasteiger partial charge < -0.3 is 10.4 Å². The van der Waals surface area contributed by atoms with Crippen LogP contribution in [0.5, 0.6) is 0 Å². The number of rotatable bonds is 6. The number of anilines is 1. The summed E-state index contributed by atoms with van der Waals surface area (Å²) in [7, 11) is 1.86. The van der Waals surface area contributed by atoms with Crippen molar-refractivity contribution in [3.63, 3.8) is 0 Å². The Morgan fingerprint density at radius 1 is 1.44 bits per heavy atom. The van der Waals surface area contributed by atoms with Gasteiger partial charge >= 0.3 is 0 Å². The summed E-state index contributed by atoms with van der Waals surface area (Å²) in [5.74, 6) is -0.0505. The molecule has 1 rings (SSSR count). The Balaban J connectivity index is 2.34. The van der Waals surface area contributed by atoms with Crippen molar-refractivity contribution in [1.29, 1.82) is 0 Å². The molecule has 0 fully saturated rings. The van der Waals surface area contributed by atoms with Crippen molar-refractivity contribution < 1.29 is 9.90 Å². The van der Waals surface area contributed by atoms with Crippen molar-refractivity contribution in [2.24, 2.45) is 0 Å². The third-order valence-electron chi connectivity index (χ3n) is 2.47. The lowest BCUT2D eigenvalue weighted by Gasteiger charge is -2.17. The average Bonchev–Trinajstić information content (AvgIpc) is 2.29. The van der Waals surface area contributed by atoms with E-state index in [1.54, 1.807) is 6.92 Å². The summed E-state index contributed by atoms with van der Waals surface area (Å²) in [4.78, 5) is 13.6. The van der Waals surface area contributed by atoms with Crippen LogP contribution in [0.2, 0.25) is 0 Å². The highest BCUT2D eigenvalue weighted by Gasteiger charge is 2.07. The summed E-state index contributed by atoms with van der Waals surface area (Å²) in [6.45, 7) is 2.77. The van der Waals surface area contributed by atoms with E-state index >= 15 is 0 Å². The van der Waals surface area contributed by atoms with E-state index in [4.69, 9.17) is 5.11 Å². The van der Waals surface area contributed by atoms with Crippen molar-refractivity contribution in [2.75, 3.05) is 25.5 Å². The monoisotopic (exact) mass is 314 g/mol. The van der Waals surface area contributed by atoms with Gasteiger partial charge in [0.1, 0.15) is 0 Å². The SMILES string of the molecule is CC(O)CCN(C)CC(=O)Nc1ccc(Br)cc1. The van der Waals surface area contributed by atoms with Crippen LogP contribution in [0.1, 0.15) is 13.3 Å². The maximum Gasteiger partial charge on any atom is 0.238 e. The molecule has 1 amide bonds. The molecular formula is C13H19BrN2O2. The standard InChI is InChI=1S/C13H19BrN2O2/c1-10(17)7-8-16(2)9-13(18)15-12-5-3-11(14)4-6-12/h3-6,10,17H,7-9H2,1-2H3,(H,15,18). The smallest absolute Gasteiger partial charge is 0.238 e. The van der Waals surface area contributed by atoms with Crippen molar-refractivity contribution in [1.82, 2.24) is 4.90 Å². The number of amides is 1. The predicted octanol–water partition coefficient (Wildman–Crippen LogP) is 2.09. The Bertz CT molecular complexity index is 379. The first kappa shape index (κ1) is 15.1. The van der Waals surface area contributed by atoms with Crippen molar-refractivity contribution in [3.05, 3.63) is 28.7 Å². The minimum atomic E-state index is -0.331. The first-order valence-electron chi connectivity index (χ1n) is 5.89. The molecule has 1 aromatic rings. The van der Waals surface area contributed by atoms with Gasteiger partial charge in [-0.15, -0.1) is 0 Å². The second-order valence-corrected chi connectivity index (χ2v) is 5.35. The van der Waals surface area contributed by atoms with Crippen LogP contribution in [0.15, 0.2) is 28.7 Å². The zero-order valence-electron chi connectivity index (χ0n) is 10.7. The quantitative estimate of drug-likeness (QED) is 0.845. The van der Waals surface area contributed by atoms with Crippen molar-refractivity contribution in [3.8, 4) is 0 Å². The minimum Gasteiger partial charge on any atom is -0.393 e. The molecule has 0 saturated heterocycles. The highest BCUT2D eigenvalue weighted by Crippen LogP contribution is 2.13. The Kier molecular flexibility index (Phi) is 6.32. The van der Waals surface area contributed by atoms with Crippen LogP contribution >= 0.6 is 15.9 Å². The average molecular weight is 315 g/mol. The number of hydrogen-bond donors (Lipinski definition) is 2. The van der Waals surface area contributed by atoms with E-state index in [0.29, 0.717) is 19.5 Å². The van der Waals surface area contributed by atoms with Crippen LogP contribution < -0.4 is 5.32 Å². The molecule has 0 aliphatic heterocycles. The summed E-state index contributed by atoms with van der Waals surface area (Å²) < 4.78 is 0.981. The highest BCUT2D eigenvalue weighted by molar-refractivity contribution is 9.10. The topological polar surface area (TPSA) is 52.6 Å². The number of aliphatic hydroxyl groups is 1. The van der Waals surface area contributed by atoms with Gasteiger partial charge in [-0.2, -0.15) is 0 Å². The lowest BCUT2D eigenvalue weighted by molar-refractivity contribution is -0.117. The van der Waals surface area contributed by atoms with E-state index in [9.17, 15) is 4.79 Å². The van der Waals surface area contributed by atoms with Crippen molar-refractivity contribution in [2.45, 2.75) is 19.4 Å². The summed E-state index contributed by atoms with van der Waals surface area (Å²) in [6, 6.07) is 7.45. The van der Waals surface area contributed by atoms with E-state index in [-0.39, 0.29) is 12.0 Å². The summed E-state index contributed by atoms with van der Waals surface area (Å²) >= 11 is 3.34. The van der Waals surface area contributed by atoms with Gasteiger partial charge in [-0.05, 0) is 44.7 Å². The van der Waals surface area contributed by atoms with Gasteiger partial charge in [-0.25, -0.2) is 0 Å². The van der Waals surface area contributed by atoms with Crippen LogP contribution in [0.25, 0.3) is 0 Å². The molecule has 0 saturated carbocycles. The van der Waals surface area contributed by atoms with E-state index in [1.165, 1.54) is 0 Å². The molecule has 0 spiro atoms. The molecule has 0 radical (unpaired) electrons. The van der Waals surface area contributed by atoms with Gasteiger partial charge in [0.2, 0.25) is 5.91 Å². The van der Waals surface area contributed by atoms with Gasteiger partial charge in [0.15, 0.2) is 0 Å². The summed E-state index contributed by atoms with van der Waals surface area (Å²) in [6.07, 6.45) is 0.337. The number of carbonyl (C=O) groups excluding carboxylic acids is 1. The third-order valence-corrected chi connectivity index (χ3v) is 3.00. The van der Waals surface area contributed by atoms with E-state index < -0.39 is 0 Å². The number of halogens is 1. The fraction of sp³-hybridized carbons (Fsp3) is 0.462. The van der Waals surface area contributed by atoms with Gasteiger partial charge in [0.25, 0.3) is 0 Å². The molecule has 1 aromatic carbocycles. The molecule has 2 N–H and O–H groups in total. The minimum absolute atomic E-state index is 0.0505. The van der Waals surface area contributed by atoms with Crippen LogP contribution in [0, 0.1) is 0 Å². The Hall–Kier alpha value is -0.910. The number of benzene rings is 1. The number of likely N-dealkylation sites (N-methyl/N-ethyl adjacent to an activating group) is 1. The summed E-state index contributed by atoms with van der Waals surface area (Å²) in [5, 5.41) is 12.0. The van der Waals surface area contributed by atoms with Crippen LogP contribution in [-0.2, 0) is 4.79 Å². The molecule has 5 heteroatoms. The largest absolute Gasteiger partial charge is 0.393 e. The Morgan fingerprint density at radius 2 is 2.06 bits per heavy atom. The molecule has 1 unspecified atom stereocenters. The summed E-state index contributed by atoms with van der Waals surface area (Å²) in [5.41, 5.74) is 0.784. The normalized spacial score (nSPS) is 12.5. The molecule has 100 valence electrons. The van der Waals surface area contributed by atoms with Crippen molar-refractivity contribution >= 4 is 27.5 Å². The molecule has 0 aromatic heterocycles. The van der Waals surface area contributed by atoms with E-state index in [0.717, 1.165) is 10.2 Å². The first-order valence-corrected chi connectivity index (χ1v) is 6.68. The van der Waals surface area contributed by atoms with Gasteiger partial charge in [-0.1, -0.05) is 15.9 Å². The zero-order valence-corrected chi connectivity index (χ0v) is 12.3. The van der Waals surface area contributed by atoms with E-state index in [1.807, 2.05) is 36.2 Å². The van der Waals surface area contributed by atoms with Crippen LogP contribution in [0.4, 0.5) is 5.69 Å². The van der Waals surface area contributed by atoms with Crippen LogP contribution in [0.3, 0.4) is 0 Å². The molecule has 1 atom stereocenters. The fourth-order valence-corrected chi connectivity index (χ4v) is 1.73. The Morgan fingerprint density at radius 3 is 2.61 bits per heavy atom. The maximum atomic E-state index is 11.7. The number of aliphatic hydroxyl groups excluding tert-OH is 1. The molecular weight excluding hydrogens is 296 g/mol. The molecule has 0 heterocycles. The number of carbonyl (C=O) groups is 1. The molecule has 0 bridgehead atoms. The second kappa shape index (κ2) is 7.51. The zero-order chi connectivity index (χ0) is 13.5. The number of nitrogens with zero attached hydrogens (tertiary/aromatic N) is 1. The predicted molar refractivity (Wildman–Crippen MR) is 76.6 cm³/mol.